The average molecular weight is 340 g/mol. The van der Waals surface area contributed by atoms with Gasteiger partial charge in [0.25, 0.3) is 12.6 Å². The molecule has 6 heteroatoms. The first kappa shape index (κ1) is 17.7. The van der Waals surface area contributed by atoms with Crippen LogP contribution in [-0.2, 0) is 28.5 Å². The van der Waals surface area contributed by atoms with E-state index in [-0.39, 0.29) is 23.8 Å². The van der Waals surface area contributed by atoms with Gasteiger partial charge in [-0.15, -0.1) is 0 Å². The van der Waals surface area contributed by atoms with Gasteiger partial charge in [0.1, 0.15) is 0 Å². The normalized spacial score (nSPS) is 29.8. The minimum atomic E-state index is -0.944. The van der Waals surface area contributed by atoms with E-state index in [0.29, 0.717) is 13.2 Å². The molecule has 136 valence electrons. The molecule has 0 aromatic carbocycles. The van der Waals surface area contributed by atoms with Crippen molar-refractivity contribution in [3.05, 3.63) is 0 Å². The van der Waals surface area contributed by atoms with E-state index in [4.69, 9.17) is 18.9 Å². The van der Waals surface area contributed by atoms with Crippen LogP contribution in [0.4, 0.5) is 0 Å². The van der Waals surface area contributed by atoms with Gasteiger partial charge in [0, 0.05) is 0 Å². The maximum Gasteiger partial charge on any atom is 0.311 e. The van der Waals surface area contributed by atoms with E-state index >= 15 is 0 Å². The molecule has 3 rings (SSSR count). The predicted octanol–water partition coefficient (Wildman–Crippen LogP) is 2.93. The quantitative estimate of drug-likeness (QED) is 0.733. The van der Waals surface area contributed by atoms with Crippen LogP contribution in [0.25, 0.3) is 0 Å². The second kappa shape index (κ2) is 8.81. The molecule has 3 aliphatic rings. The summed E-state index contributed by atoms with van der Waals surface area (Å²) in [5.74, 6) is -0.661. The van der Waals surface area contributed by atoms with Crippen LogP contribution < -0.4 is 0 Å². The Morgan fingerprint density at radius 1 is 0.625 bits per heavy atom. The molecule has 2 aliphatic carbocycles. The van der Waals surface area contributed by atoms with Crippen molar-refractivity contribution < 1.29 is 28.5 Å². The van der Waals surface area contributed by atoms with Crippen molar-refractivity contribution in [1.29, 1.82) is 0 Å². The predicted molar refractivity (Wildman–Crippen MR) is 84.8 cm³/mol. The van der Waals surface area contributed by atoms with Crippen LogP contribution in [-0.4, -0.2) is 37.7 Å². The zero-order valence-corrected chi connectivity index (χ0v) is 14.2. The molecule has 1 aliphatic heterocycles. The van der Waals surface area contributed by atoms with Gasteiger partial charge in [-0.2, -0.15) is 0 Å². The van der Waals surface area contributed by atoms with Crippen molar-refractivity contribution in [2.45, 2.75) is 76.8 Å². The Hall–Kier alpha value is -1.14. The van der Waals surface area contributed by atoms with Gasteiger partial charge in [-0.3, -0.25) is 9.59 Å². The molecule has 1 saturated heterocycles. The zero-order valence-electron chi connectivity index (χ0n) is 14.2. The molecule has 1 heterocycles. The van der Waals surface area contributed by atoms with E-state index in [1.54, 1.807) is 0 Å². The highest BCUT2D eigenvalue weighted by molar-refractivity contribution is 5.73. The van der Waals surface area contributed by atoms with E-state index in [2.05, 4.69) is 0 Å². The molecule has 2 saturated carbocycles. The summed E-state index contributed by atoms with van der Waals surface area (Å²) in [6, 6.07) is 0. The summed E-state index contributed by atoms with van der Waals surface area (Å²) in [7, 11) is 0. The number of esters is 2. The van der Waals surface area contributed by atoms with Crippen LogP contribution in [0.5, 0.6) is 0 Å². The fraction of sp³-hybridized carbons (Fsp3) is 0.889. The van der Waals surface area contributed by atoms with Crippen LogP contribution >= 0.6 is 0 Å². The largest absolute Gasteiger partial charge is 0.428 e. The fourth-order valence-electron chi connectivity index (χ4n) is 3.76. The monoisotopic (exact) mass is 340 g/mol. The zero-order chi connectivity index (χ0) is 16.8. The Kier molecular flexibility index (Phi) is 6.49. The standard InChI is InChI=1S/C18H28O6/c19-15(13-7-3-1-4-8-13)23-17-18(22-12-11-21-17)24-16(20)14-9-5-2-6-10-14/h13-14,17-18H,1-12H2/t17-,18-/m1/s1. The molecule has 0 unspecified atom stereocenters. The van der Waals surface area contributed by atoms with Crippen molar-refractivity contribution in [1.82, 2.24) is 0 Å². The van der Waals surface area contributed by atoms with Crippen LogP contribution in [0, 0.1) is 11.8 Å². The summed E-state index contributed by atoms with van der Waals surface area (Å²) in [5, 5.41) is 0. The lowest BCUT2D eigenvalue weighted by atomic mass is 9.89. The topological polar surface area (TPSA) is 71.1 Å². The first-order valence-electron chi connectivity index (χ1n) is 9.38. The highest BCUT2D eigenvalue weighted by atomic mass is 16.8. The van der Waals surface area contributed by atoms with Crippen LogP contribution in [0.1, 0.15) is 64.2 Å². The summed E-state index contributed by atoms with van der Waals surface area (Å²) in [4.78, 5) is 24.6. The molecule has 6 nitrogen and oxygen atoms in total. The summed E-state index contributed by atoms with van der Waals surface area (Å²) < 4.78 is 21.9. The molecule has 24 heavy (non-hydrogen) atoms. The SMILES string of the molecule is O=C(O[C@H]1OCCO[C@@H]1OC(=O)C1CCCCC1)C1CCCCC1. The van der Waals surface area contributed by atoms with E-state index in [9.17, 15) is 9.59 Å². The number of hydrogen-bond donors (Lipinski definition) is 0. The second-order valence-corrected chi connectivity index (χ2v) is 7.02. The first-order valence-corrected chi connectivity index (χ1v) is 9.38. The highest BCUT2D eigenvalue weighted by Gasteiger charge is 2.37. The third-order valence-electron chi connectivity index (χ3n) is 5.21. The third-order valence-corrected chi connectivity index (χ3v) is 5.21. The smallest absolute Gasteiger partial charge is 0.311 e. The van der Waals surface area contributed by atoms with Gasteiger partial charge in [0.2, 0.25) is 0 Å². The lowest BCUT2D eigenvalue weighted by Gasteiger charge is -2.33. The van der Waals surface area contributed by atoms with Crippen molar-refractivity contribution in [2.24, 2.45) is 11.8 Å². The summed E-state index contributed by atoms with van der Waals surface area (Å²) in [6.07, 6.45) is 8.13. The molecule has 0 N–H and O–H groups in total. The maximum absolute atomic E-state index is 12.3. The molecule has 0 aromatic heterocycles. The Morgan fingerprint density at radius 3 is 1.38 bits per heavy atom. The Bertz CT molecular complexity index is 385. The van der Waals surface area contributed by atoms with Crippen LogP contribution in [0.3, 0.4) is 0 Å². The number of rotatable bonds is 4. The van der Waals surface area contributed by atoms with E-state index in [0.717, 1.165) is 51.4 Å². The summed E-state index contributed by atoms with van der Waals surface area (Å²) in [5.41, 5.74) is 0. The van der Waals surface area contributed by atoms with E-state index in [1.807, 2.05) is 0 Å². The molecule has 0 amide bonds. The van der Waals surface area contributed by atoms with Gasteiger partial charge in [-0.25, -0.2) is 0 Å². The molecule has 0 radical (unpaired) electrons. The van der Waals surface area contributed by atoms with Crippen molar-refractivity contribution in [2.75, 3.05) is 13.2 Å². The Balaban J connectivity index is 1.52. The lowest BCUT2D eigenvalue weighted by Crippen LogP contribution is -2.45. The molecule has 3 fully saturated rings. The number of carbonyl (C=O) groups is 2. The van der Waals surface area contributed by atoms with Gasteiger partial charge < -0.3 is 18.9 Å². The summed E-state index contributed by atoms with van der Waals surface area (Å²) in [6.45, 7) is 0.667. The molecule has 2 atom stereocenters. The average Bonchev–Trinajstić information content (AvgIpc) is 2.64. The van der Waals surface area contributed by atoms with Gasteiger partial charge >= 0.3 is 11.9 Å². The molecular weight excluding hydrogens is 312 g/mol. The van der Waals surface area contributed by atoms with Crippen LogP contribution in [0.15, 0.2) is 0 Å². The van der Waals surface area contributed by atoms with Gasteiger partial charge in [0.15, 0.2) is 0 Å². The third kappa shape index (κ3) is 4.70. The highest BCUT2D eigenvalue weighted by Crippen LogP contribution is 2.28. The van der Waals surface area contributed by atoms with E-state index < -0.39 is 12.6 Å². The van der Waals surface area contributed by atoms with Gasteiger partial charge in [0.05, 0.1) is 25.0 Å². The Morgan fingerprint density at radius 2 is 1.00 bits per heavy atom. The Labute approximate surface area is 143 Å². The van der Waals surface area contributed by atoms with Crippen molar-refractivity contribution in [3.8, 4) is 0 Å². The number of carbonyl (C=O) groups excluding carboxylic acids is 2. The molecule has 0 aromatic rings. The van der Waals surface area contributed by atoms with Gasteiger partial charge in [-0.05, 0) is 25.7 Å². The van der Waals surface area contributed by atoms with Crippen molar-refractivity contribution >= 4 is 11.9 Å². The second-order valence-electron chi connectivity index (χ2n) is 7.02. The molecule has 0 spiro atoms. The van der Waals surface area contributed by atoms with Crippen molar-refractivity contribution in [3.63, 3.8) is 0 Å². The minimum Gasteiger partial charge on any atom is -0.428 e. The molecule has 0 bridgehead atoms. The fourth-order valence-corrected chi connectivity index (χ4v) is 3.76. The van der Waals surface area contributed by atoms with E-state index in [1.165, 1.54) is 12.8 Å². The molecular formula is C18H28O6. The van der Waals surface area contributed by atoms with Gasteiger partial charge in [-0.1, -0.05) is 38.5 Å². The first-order chi connectivity index (χ1) is 11.7. The summed E-state index contributed by atoms with van der Waals surface area (Å²) >= 11 is 0. The maximum atomic E-state index is 12.3. The number of ether oxygens (including phenoxy) is 4. The lowest BCUT2D eigenvalue weighted by molar-refractivity contribution is -0.305. The van der Waals surface area contributed by atoms with Crippen LogP contribution in [0.2, 0.25) is 0 Å². The number of hydrogen-bond acceptors (Lipinski definition) is 6. The minimum absolute atomic E-state index is 0.0704.